The molecule has 0 aliphatic carbocycles. The van der Waals surface area contributed by atoms with E-state index in [0.717, 1.165) is 17.1 Å². The van der Waals surface area contributed by atoms with Crippen LogP contribution in [0.3, 0.4) is 0 Å². The van der Waals surface area contributed by atoms with Gasteiger partial charge >= 0.3 is 0 Å². The third kappa shape index (κ3) is 2.52. The van der Waals surface area contributed by atoms with Gasteiger partial charge < -0.3 is 9.47 Å². The van der Waals surface area contributed by atoms with Crippen LogP contribution in [0.5, 0.6) is 11.5 Å². The fourth-order valence-electron chi connectivity index (χ4n) is 1.06. The van der Waals surface area contributed by atoms with Gasteiger partial charge in [0.1, 0.15) is 11.5 Å². The summed E-state index contributed by atoms with van der Waals surface area (Å²) in [7, 11) is 3.24. The van der Waals surface area contributed by atoms with Crippen molar-refractivity contribution in [3.63, 3.8) is 0 Å². The Morgan fingerprint density at radius 2 is 1.54 bits per heavy atom. The largest absolute Gasteiger partial charge is 0.497 e. The molecule has 13 heavy (non-hydrogen) atoms. The van der Waals surface area contributed by atoms with Crippen LogP contribution in [-0.4, -0.2) is 14.2 Å². The Balaban J connectivity index is 3.07. The molecule has 2 nitrogen and oxygen atoms in total. The van der Waals surface area contributed by atoms with Crippen LogP contribution in [0.1, 0.15) is 17.9 Å². The van der Waals surface area contributed by atoms with E-state index in [0.29, 0.717) is 0 Å². The van der Waals surface area contributed by atoms with Crippen molar-refractivity contribution in [1.82, 2.24) is 0 Å². The van der Waals surface area contributed by atoms with Crippen molar-refractivity contribution < 1.29 is 9.47 Å². The highest BCUT2D eigenvalue weighted by molar-refractivity contribution is 6.20. The Kier molecular flexibility index (Phi) is 3.43. The van der Waals surface area contributed by atoms with Gasteiger partial charge in [-0.05, 0) is 24.6 Å². The van der Waals surface area contributed by atoms with Gasteiger partial charge in [-0.15, -0.1) is 11.6 Å². The molecule has 0 aliphatic heterocycles. The van der Waals surface area contributed by atoms with E-state index < -0.39 is 0 Å². The van der Waals surface area contributed by atoms with Gasteiger partial charge in [0, 0.05) is 6.07 Å². The average molecular weight is 201 g/mol. The molecule has 1 atom stereocenters. The SMILES string of the molecule is COc1cc(OC)cc(C(C)Cl)c1. The zero-order valence-corrected chi connectivity index (χ0v) is 8.76. The molecule has 1 aromatic carbocycles. The van der Waals surface area contributed by atoms with Crippen molar-refractivity contribution in [1.29, 1.82) is 0 Å². The van der Waals surface area contributed by atoms with E-state index >= 15 is 0 Å². The Bertz CT molecular complexity index is 262. The number of halogens is 1. The Morgan fingerprint density at radius 3 is 1.85 bits per heavy atom. The van der Waals surface area contributed by atoms with Crippen molar-refractivity contribution >= 4 is 11.6 Å². The summed E-state index contributed by atoms with van der Waals surface area (Å²) in [6.45, 7) is 1.91. The van der Waals surface area contributed by atoms with Gasteiger partial charge in [0.05, 0.1) is 19.6 Å². The predicted octanol–water partition coefficient (Wildman–Crippen LogP) is 3.00. The summed E-state index contributed by atoms with van der Waals surface area (Å²) in [4.78, 5) is 0. The van der Waals surface area contributed by atoms with E-state index in [-0.39, 0.29) is 5.38 Å². The van der Waals surface area contributed by atoms with Gasteiger partial charge in [-0.2, -0.15) is 0 Å². The predicted molar refractivity (Wildman–Crippen MR) is 53.8 cm³/mol. The van der Waals surface area contributed by atoms with Crippen LogP contribution in [0.2, 0.25) is 0 Å². The second-order valence-corrected chi connectivity index (χ2v) is 3.42. The van der Waals surface area contributed by atoms with Gasteiger partial charge in [-0.1, -0.05) is 0 Å². The van der Waals surface area contributed by atoms with Crippen molar-refractivity contribution in [2.45, 2.75) is 12.3 Å². The molecule has 0 spiro atoms. The third-order valence-electron chi connectivity index (χ3n) is 1.83. The zero-order valence-electron chi connectivity index (χ0n) is 8.00. The molecule has 0 N–H and O–H groups in total. The van der Waals surface area contributed by atoms with E-state index in [2.05, 4.69) is 0 Å². The molecule has 0 heterocycles. The maximum Gasteiger partial charge on any atom is 0.122 e. The number of methoxy groups -OCH3 is 2. The molecular weight excluding hydrogens is 188 g/mol. The lowest BCUT2D eigenvalue weighted by atomic mass is 10.1. The topological polar surface area (TPSA) is 18.5 Å². The summed E-state index contributed by atoms with van der Waals surface area (Å²) in [6.07, 6.45) is 0. The van der Waals surface area contributed by atoms with Gasteiger partial charge in [0.15, 0.2) is 0 Å². The molecule has 0 saturated heterocycles. The summed E-state index contributed by atoms with van der Waals surface area (Å²) in [5.74, 6) is 1.53. The van der Waals surface area contributed by atoms with E-state index in [1.807, 2.05) is 25.1 Å². The standard InChI is InChI=1S/C10H13ClO2/c1-7(11)8-4-9(12-2)6-10(5-8)13-3/h4-7H,1-3H3. The maximum atomic E-state index is 5.95. The highest BCUT2D eigenvalue weighted by Crippen LogP contribution is 2.28. The molecular formula is C10H13ClO2. The van der Waals surface area contributed by atoms with Gasteiger partial charge in [-0.3, -0.25) is 0 Å². The molecule has 72 valence electrons. The number of ether oxygens (including phenoxy) is 2. The van der Waals surface area contributed by atoms with Crippen molar-refractivity contribution in [2.75, 3.05) is 14.2 Å². The molecule has 0 bridgehead atoms. The van der Waals surface area contributed by atoms with Gasteiger partial charge in [0.2, 0.25) is 0 Å². The third-order valence-corrected chi connectivity index (χ3v) is 2.09. The van der Waals surface area contributed by atoms with Crippen LogP contribution in [0.15, 0.2) is 18.2 Å². The number of hydrogen-bond acceptors (Lipinski definition) is 2. The summed E-state index contributed by atoms with van der Waals surface area (Å²) in [6, 6.07) is 5.63. The molecule has 0 saturated carbocycles. The minimum Gasteiger partial charge on any atom is -0.497 e. The Morgan fingerprint density at radius 1 is 1.08 bits per heavy atom. The van der Waals surface area contributed by atoms with Crippen molar-refractivity contribution in [3.05, 3.63) is 23.8 Å². The minimum absolute atomic E-state index is 0.0380. The van der Waals surface area contributed by atoms with Crippen LogP contribution in [0.4, 0.5) is 0 Å². The zero-order chi connectivity index (χ0) is 9.84. The highest BCUT2D eigenvalue weighted by Gasteiger charge is 2.05. The average Bonchev–Trinajstić information content (AvgIpc) is 2.16. The van der Waals surface area contributed by atoms with Crippen LogP contribution in [0.25, 0.3) is 0 Å². The highest BCUT2D eigenvalue weighted by atomic mass is 35.5. The number of alkyl halides is 1. The second-order valence-electron chi connectivity index (χ2n) is 2.76. The Labute approximate surface area is 83.4 Å². The summed E-state index contributed by atoms with van der Waals surface area (Å²) in [5.41, 5.74) is 0.998. The first-order chi connectivity index (χ1) is 6.17. The fourth-order valence-corrected chi connectivity index (χ4v) is 1.19. The van der Waals surface area contributed by atoms with E-state index in [9.17, 15) is 0 Å². The minimum atomic E-state index is -0.0380. The molecule has 0 fully saturated rings. The fraction of sp³-hybridized carbons (Fsp3) is 0.400. The maximum absolute atomic E-state index is 5.95. The molecule has 3 heteroatoms. The lowest BCUT2D eigenvalue weighted by Gasteiger charge is -2.09. The van der Waals surface area contributed by atoms with Crippen LogP contribution >= 0.6 is 11.6 Å². The van der Waals surface area contributed by atoms with Crippen molar-refractivity contribution in [3.8, 4) is 11.5 Å². The second kappa shape index (κ2) is 4.38. The van der Waals surface area contributed by atoms with E-state index in [4.69, 9.17) is 21.1 Å². The summed E-state index contributed by atoms with van der Waals surface area (Å²) in [5, 5.41) is -0.0380. The van der Waals surface area contributed by atoms with Crippen LogP contribution in [0, 0.1) is 0 Å². The molecule has 1 rings (SSSR count). The lowest BCUT2D eigenvalue weighted by Crippen LogP contribution is -1.91. The normalized spacial score (nSPS) is 12.3. The first kappa shape index (κ1) is 10.2. The molecule has 1 aromatic rings. The number of rotatable bonds is 3. The van der Waals surface area contributed by atoms with Crippen molar-refractivity contribution in [2.24, 2.45) is 0 Å². The van der Waals surface area contributed by atoms with E-state index in [1.165, 1.54) is 0 Å². The first-order valence-electron chi connectivity index (χ1n) is 4.04. The monoisotopic (exact) mass is 200 g/mol. The molecule has 0 aromatic heterocycles. The molecule has 1 unspecified atom stereocenters. The number of hydrogen-bond donors (Lipinski definition) is 0. The van der Waals surface area contributed by atoms with Crippen LogP contribution in [-0.2, 0) is 0 Å². The molecule has 0 amide bonds. The van der Waals surface area contributed by atoms with Crippen LogP contribution < -0.4 is 9.47 Å². The van der Waals surface area contributed by atoms with E-state index in [1.54, 1.807) is 14.2 Å². The quantitative estimate of drug-likeness (QED) is 0.699. The first-order valence-corrected chi connectivity index (χ1v) is 4.48. The molecule has 0 radical (unpaired) electrons. The summed E-state index contributed by atoms with van der Waals surface area (Å²) < 4.78 is 10.2. The van der Waals surface area contributed by atoms with Gasteiger partial charge in [-0.25, -0.2) is 0 Å². The Hall–Kier alpha value is -0.890. The lowest BCUT2D eigenvalue weighted by molar-refractivity contribution is 0.393. The summed E-state index contributed by atoms with van der Waals surface area (Å²) >= 11 is 5.95. The smallest absolute Gasteiger partial charge is 0.122 e. The molecule has 0 aliphatic rings. The van der Waals surface area contributed by atoms with Gasteiger partial charge in [0.25, 0.3) is 0 Å². The number of benzene rings is 1.